The van der Waals surface area contributed by atoms with E-state index in [0.717, 1.165) is 17.7 Å². The van der Waals surface area contributed by atoms with E-state index in [9.17, 15) is 13.2 Å². The van der Waals surface area contributed by atoms with Crippen molar-refractivity contribution in [2.45, 2.75) is 18.7 Å². The Hall–Kier alpha value is -2.30. The van der Waals surface area contributed by atoms with Crippen LogP contribution in [0.2, 0.25) is 0 Å². The molecule has 1 N–H and O–H groups in total. The summed E-state index contributed by atoms with van der Waals surface area (Å²) in [6, 6.07) is 12.8. The summed E-state index contributed by atoms with van der Waals surface area (Å²) >= 11 is 0. The van der Waals surface area contributed by atoms with Crippen LogP contribution in [0.5, 0.6) is 5.88 Å². The van der Waals surface area contributed by atoms with Gasteiger partial charge in [0.1, 0.15) is 23.4 Å². The third-order valence-electron chi connectivity index (χ3n) is 3.35. The van der Waals surface area contributed by atoms with E-state index in [1.807, 2.05) is 36.4 Å². The van der Waals surface area contributed by atoms with Crippen LogP contribution in [0.1, 0.15) is 29.3 Å². The van der Waals surface area contributed by atoms with Gasteiger partial charge in [-0.2, -0.15) is 18.4 Å². The molecule has 0 saturated carbocycles. The van der Waals surface area contributed by atoms with Crippen LogP contribution in [0.4, 0.5) is 13.2 Å². The zero-order valence-electron chi connectivity index (χ0n) is 13.4. The minimum Gasteiger partial charge on any atom is -0.468 e. The normalized spacial score (nSPS) is 12.0. The maximum atomic E-state index is 12.9. The van der Waals surface area contributed by atoms with Crippen LogP contribution in [0.15, 0.2) is 42.5 Å². The van der Waals surface area contributed by atoms with E-state index in [4.69, 9.17) is 10.00 Å². The lowest BCUT2D eigenvalue weighted by atomic mass is 10.1. The summed E-state index contributed by atoms with van der Waals surface area (Å²) in [7, 11) is 1.77. The minimum absolute atomic E-state index is 0. The van der Waals surface area contributed by atoms with Crippen LogP contribution in [-0.2, 0) is 6.18 Å². The molecule has 4 nitrogen and oxygen atoms in total. The molecule has 0 spiro atoms. The van der Waals surface area contributed by atoms with Crippen molar-refractivity contribution in [1.82, 2.24) is 10.3 Å². The fourth-order valence-electron chi connectivity index (χ4n) is 2.14. The number of hydrogen-bond acceptors (Lipinski definition) is 4. The molecule has 25 heavy (non-hydrogen) atoms. The first-order chi connectivity index (χ1) is 11.5. The molecule has 2 aromatic rings. The molecule has 0 aliphatic heterocycles. The predicted octanol–water partition coefficient (Wildman–Crippen LogP) is 4.12. The number of rotatable bonds is 6. The molecular formula is C17H17ClF3N3O. The van der Waals surface area contributed by atoms with E-state index < -0.39 is 18.0 Å². The van der Waals surface area contributed by atoms with Crippen molar-refractivity contribution >= 4 is 12.4 Å². The molecule has 1 heterocycles. The highest BCUT2D eigenvalue weighted by Crippen LogP contribution is 2.32. The average molecular weight is 372 g/mol. The first-order valence-electron chi connectivity index (χ1n) is 7.30. The number of alkyl halides is 3. The molecule has 0 aliphatic rings. The van der Waals surface area contributed by atoms with Crippen molar-refractivity contribution in [3.05, 3.63) is 59.3 Å². The lowest BCUT2D eigenvalue weighted by molar-refractivity contribution is -0.141. The van der Waals surface area contributed by atoms with Gasteiger partial charge >= 0.3 is 6.18 Å². The molecule has 1 atom stereocenters. The second-order valence-electron chi connectivity index (χ2n) is 5.07. The summed E-state index contributed by atoms with van der Waals surface area (Å²) in [6.45, 7) is 0.598. The van der Waals surface area contributed by atoms with E-state index in [-0.39, 0.29) is 23.9 Å². The quantitative estimate of drug-likeness (QED) is 0.829. The number of nitriles is 1. The molecule has 0 unspecified atom stereocenters. The largest absolute Gasteiger partial charge is 0.468 e. The van der Waals surface area contributed by atoms with Crippen molar-refractivity contribution in [2.24, 2.45) is 0 Å². The van der Waals surface area contributed by atoms with Gasteiger partial charge in [0.25, 0.3) is 0 Å². The monoisotopic (exact) mass is 371 g/mol. The van der Waals surface area contributed by atoms with Gasteiger partial charge < -0.3 is 10.1 Å². The van der Waals surface area contributed by atoms with Gasteiger partial charge in [-0.3, -0.25) is 0 Å². The van der Waals surface area contributed by atoms with Gasteiger partial charge in [-0.15, -0.1) is 12.4 Å². The second-order valence-corrected chi connectivity index (χ2v) is 5.07. The highest BCUT2D eigenvalue weighted by Gasteiger charge is 2.33. The fraction of sp³-hybridized carbons (Fsp3) is 0.294. The molecule has 8 heteroatoms. The molecule has 0 radical (unpaired) electrons. The Morgan fingerprint density at radius 3 is 2.44 bits per heavy atom. The van der Waals surface area contributed by atoms with Crippen LogP contribution >= 0.6 is 12.4 Å². The van der Waals surface area contributed by atoms with Gasteiger partial charge in [-0.1, -0.05) is 30.3 Å². The van der Waals surface area contributed by atoms with Gasteiger partial charge in [-0.25, -0.2) is 4.98 Å². The molecule has 1 aromatic carbocycles. The topological polar surface area (TPSA) is 57.9 Å². The summed E-state index contributed by atoms with van der Waals surface area (Å²) in [4.78, 5) is 3.50. The SMILES string of the molecule is CNCC[C@@H](Oc1nc(C(F)(F)F)ccc1C#N)c1ccccc1.Cl. The van der Waals surface area contributed by atoms with Gasteiger partial charge in [0.05, 0.1) is 0 Å². The molecular weight excluding hydrogens is 355 g/mol. The van der Waals surface area contributed by atoms with E-state index >= 15 is 0 Å². The van der Waals surface area contributed by atoms with Crippen molar-refractivity contribution in [3.8, 4) is 11.9 Å². The van der Waals surface area contributed by atoms with E-state index in [0.29, 0.717) is 13.0 Å². The van der Waals surface area contributed by atoms with Gasteiger partial charge in [0.2, 0.25) is 5.88 Å². The number of pyridine rings is 1. The van der Waals surface area contributed by atoms with Crippen LogP contribution in [0.3, 0.4) is 0 Å². The van der Waals surface area contributed by atoms with Crippen LogP contribution < -0.4 is 10.1 Å². The first kappa shape index (κ1) is 20.7. The molecule has 1 aromatic heterocycles. The van der Waals surface area contributed by atoms with Crippen molar-refractivity contribution in [3.63, 3.8) is 0 Å². The fourth-order valence-corrected chi connectivity index (χ4v) is 2.14. The molecule has 0 bridgehead atoms. The Kier molecular flexibility index (Phi) is 7.68. The van der Waals surface area contributed by atoms with Crippen LogP contribution in [-0.4, -0.2) is 18.6 Å². The third-order valence-corrected chi connectivity index (χ3v) is 3.35. The maximum Gasteiger partial charge on any atom is 0.433 e. The van der Waals surface area contributed by atoms with Crippen molar-refractivity contribution in [2.75, 3.05) is 13.6 Å². The zero-order valence-corrected chi connectivity index (χ0v) is 14.2. The van der Waals surface area contributed by atoms with Gasteiger partial charge in [0, 0.05) is 6.42 Å². The summed E-state index contributed by atoms with van der Waals surface area (Å²) in [5, 5.41) is 12.1. The summed E-state index contributed by atoms with van der Waals surface area (Å²) in [5.74, 6) is -0.308. The highest BCUT2D eigenvalue weighted by molar-refractivity contribution is 5.85. The van der Waals surface area contributed by atoms with E-state index in [1.165, 1.54) is 0 Å². The van der Waals surface area contributed by atoms with E-state index in [2.05, 4.69) is 10.3 Å². The predicted molar refractivity (Wildman–Crippen MR) is 89.6 cm³/mol. The number of ether oxygens (including phenoxy) is 1. The molecule has 0 amide bonds. The number of halogens is 4. The lowest BCUT2D eigenvalue weighted by Gasteiger charge is -2.20. The standard InChI is InChI=1S/C17H16F3N3O.ClH/c1-22-10-9-14(12-5-3-2-4-6-12)24-16-13(11-21)7-8-15(23-16)17(18,19)20;/h2-8,14,22H,9-10H2,1H3;1H/t14-;/m1./s1. The molecule has 134 valence electrons. The maximum absolute atomic E-state index is 12.9. The zero-order chi connectivity index (χ0) is 17.6. The van der Waals surface area contributed by atoms with Crippen LogP contribution in [0, 0.1) is 11.3 Å². The Labute approximate surface area is 150 Å². The summed E-state index contributed by atoms with van der Waals surface area (Å²) < 4.78 is 44.3. The lowest BCUT2D eigenvalue weighted by Crippen LogP contribution is -2.18. The second kappa shape index (κ2) is 9.25. The Morgan fingerprint density at radius 2 is 1.88 bits per heavy atom. The number of benzene rings is 1. The first-order valence-corrected chi connectivity index (χ1v) is 7.30. The van der Waals surface area contributed by atoms with Gasteiger partial charge in [0.15, 0.2) is 0 Å². The van der Waals surface area contributed by atoms with Gasteiger partial charge in [-0.05, 0) is 31.3 Å². The Bertz CT molecular complexity index is 717. The third kappa shape index (κ3) is 5.62. The Morgan fingerprint density at radius 1 is 1.20 bits per heavy atom. The Balaban J connectivity index is 0.00000312. The highest BCUT2D eigenvalue weighted by atomic mass is 35.5. The minimum atomic E-state index is -4.60. The van der Waals surface area contributed by atoms with Crippen LogP contribution in [0.25, 0.3) is 0 Å². The molecule has 0 aliphatic carbocycles. The molecule has 0 saturated heterocycles. The number of nitrogens with zero attached hydrogens (tertiary/aromatic N) is 2. The number of aromatic nitrogens is 1. The van der Waals surface area contributed by atoms with Crippen molar-refractivity contribution < 1.29 is 17.9 Å². The molecule has 2 rings (SSSR count). The van der Waals surface area contributed by atoms with Crippen molar-refractivity contribution in [1.29, 1.82) is 5.26 Å². The van der Waals surface area contributed by atoms with E-state index in [1.54, 1.807) is 7.05 Å². The molecule has 0 fully saturated rings. The number of nitrogens with one attached hydrogen (secondary N) is 1. The smallest absolute Gasteiger partial charge is 0.433 e. The summed E-state index contributed by atoms with van der Waals surface area (Å²) in [5.41, 5.74) is -0.318. The average Bonchev–Trinajstić information content (AvgIpc) is 2.58. The summed E-state index contributed by atoms with van der Waals surface area (Å²) in [6.07, 6.45) is -4.59. The number of hydrogen-bond donors (Lipinski definition) is 1.